The van der Waals surface area contributed by atoms with Gasteiger partial charge in [-0.15, -0.1) is 5.10 Å². The minimum absolute atomic E-state index is 0.107. The molecule has 0 amide bonds. The minimum atomic E-state index is -4.54. The van der Waals surface area contributed by atoms with E-state index in [2.05, 4.69) is 10.1 Å². The lowest BCUT2D eigenvalue weighted by Crippen LogP contribution is -2.07. The number of pyridine rings is 1. The monoisotopic (exact) mass is 347 g/mol. The Bertz CT molecular complexity index is 522. The summed E-state index contributed by atoms with van der Waals surface area (Å²) in [6, 6.07) is 1.46. The third-order valence-electron chi connectivity index (χ3n) is 1.65. The van der Waals surface area contributed by atoms with E-state index in [4.69, 9.17) is 11.6 Å². The first-order valence-corrected chi connectivity index (χ1v) is 5.13. The zero-order chi connectivity index (χ0) is 11.2. The van der Waals surface area contributed by atoms with Crippen LogP contribution in [0, 0.1) is 3.57 Å². The van der Waals surface area contributed by atoms with Crippen molar-refractivity contribution in [2.75, 3.05) is 0 Å². The smallest absolute Gasteiger partial charge is 0.219 e. The molecule has 0 saturated carbocycles. The molecule has 2 aromatic heterocycles. The van der Waals surface area contributed by atoms with Crippen LogP contribution in [0.25, 0.3) is 5.65 Å². The van der Waals surface area contributed by atoms with E-state index in [0.29, 0.717) is 8.59 Å². The number of rotatable bonds is 0. The van der Waals surface area contributed by atoms with E-state index in [1.807, 2.05) is 22.6 Å². The second-order valence-corrected chi connectivity index (χ2v) is 4.16. The second-order valence-electron chi connectivity index (χ2n) is 2.68. The lowest BCUT2D eigenvalue weighted by molar-refractivity contribution is -0.144. The topological polar surface area (TPSA) is 30.2 Å². The van der Waals surface area contributed by atoms with E-state index in [0.717, 1.165) is 4.52 Å². The van der Waals surface area contributed by atoms with Crippen LogP contribution < -0.4 is 0 Å². The fraction of sp³-hybridized carbons (Fsp3) is 0.143. The number of hydrogen-bond acceptors (Lipinski definition) is 2. The maximum atomic E-state index is 12.3. The lowest BCUT2D eigenvalue weighted by Gasteiger charge is -1.96. The predicted octanol–water partition coefficient (Wildman–Crippen LogP) is 3.01. The quantitative estimate of drug-likeness (QED) is 0.686. The first kappa shape index (κ1) is 10.9. The summed E-state index contributed by atoms with van der Waals surface area (Å²) in [4.78, 5) is 3.38. The second kappa shape index (κ2) is 3.48. The van der Waals surface area contributed by atoms with Gasteiger partial charge < -0.3 is 0 Å². The Kier molecular flexibility index (Phi) is 2.53. The number of aromatic nitrogens is 3. The highest BCUT2D eigenvalue weighted by Crippen LogP contribution is 2.28. The first-order valence-electron chi connectivity index (χ1n) is 3.67. The van der Waals surface area contributed by atoms with Crippen LogP contribution in [0.2, 0.25) is 5.02 Å². The fourth-order valence-corrected chi connectivity index (χ4v) is 1.70. The van der Waals surface area contributed by atoms with Crippen molar-refractivity contribution in [3.05, 3.63) is 26.7 Å². The Balaban J connectivity index is 2.72. The fourth-order valence-electron chi connectivity index (χ4n) is 1.01. The highest BCUT2D eigenvalue weighted by atomic mass is 127. The molecule has 80 valence electrons. The van der Waals surface area contributed by atoms with Crippen LogP contribution in [0.5, 0.6) is 0 Å². The molecule has 0 saturated heterocycles. The van der Waals surface area contributed by atoms with Crippen LogP contribution in [-0.4, -0.2) is 14.6 Å². The van der Waals surface area contributed by atoms with Crippen molar-refractivity contribution in [2.24, 2.45) is 0 Å². The van der Waals surface area contributed by atoms with Gasteiger partial charge in [0.2, 0.25) is 0 Å². The van der Waals surface area contributed by atoms with E-state index < -0.39 is 12.0 Å². The molecule has 0 aliphatic carbocycles. The molecule has 2 heterocycles. The van der Waals surface area contributed by atoms with Crippen LogP contribution in [0.15, 0.2) is 12.3 Å². The van der Waals surface area contributed by atoms with Gasteiger partial charge in [-0.2, -0.15) is 13.2 Å². The van der Waals surface area contributed by atoms with Gasteiger partial charge in [0.15, 0.2) is 5.65 Å². The molecule has 0 atom stereocenters. The SMILES string of the molecule is FC(F)(F)c1nc2c(I)c(Cl)ccn2n1. The summed E-state index contributed by atoms with van der Waals surface area (Å²) in [5.41, 5.74) is 0.107. The number of hydrogen-bond donors (Lipinski definition) is 0. The van der Waals surface area contributed by atoms with Crippen LogP contribution >= 0.6 is 34.2 Å². The normalized spacial score (nSPS) is 12.3. The molecular weight excluding hydrogens is 345 g/mol. The molecule has 0 aromatic carbocycles. The molecule has 0 unspecified atom stereocenters. The van der Waals surface area contributed by atoms with Gasteiger partial charge in [0.05, 0.1) is 8.59 Å². The molecule has 0 fully saturated rings. The van der Waals surface area contributed by atoms with Crippen molar-refractivity contribution in [2.45, 2.75) is 6.18 Å². The van der Waals surface area contributed by atoms with Crippen molar-refractivity contribution in [1.82, 2.24) is 14.6 Å². The standard InChI is InChI=1S/C7H2ClF3IN3/c8-3-1-2-15-5(4(3)12)13-6(14-15)7(9,10)11/h1-2H. The molecular formula is C7H2ClF3IN3. The van der Waals surface area contributed by atoms with E-state index in [1.54, 1.807) is 0 Å². The number of nitrogens with zero attached hydrogens (tertiary/aromatic N) is 3. The van der Waals surface area contributed by atoms with Crippen molar-refractivity contribution in [3.8, 4) is 0 Å². The summed E-state index contributed by atoms with van der Waals surface area (Å²) in [5.74, 6) is -1.16. The van der Waals surface area contributed by atoms with Crippen molar-refractivity contribution >= 4 is 39.8 Å². The molecule has 2 aromatic rings. The average Bonchev–Trinajstić information content (AvgIpc) is 2.55. The maximum absolute atomic E-state index is 12.3. The predicted molar refractivity (Wildman–Crippen MR) is 55.7 cm³/mol. The van der Waals surface area contributed by atoms with Crippen molar-refractivity contribution in [3.63, 3.8) is 0 Å². The maximum Gasteiger partial charge on any atom is 0.453 e. The third kappa shape index (κ3) is 1.89. The van der Waals surface area contributed by atoms with Gasteiger partial charge in [-0.05, 0) is 28.7 Å². The molecule has 0 aliphatic rings. The molecule has 3 nitrogen and oxygen atoms in total. The first-order chi connectivity index (χ1) is 6.89. The van der Waals surface area contributed by atoms with Gasteiger partial charge in [0, 0.05) is 6.20 Å². The van der Waals surface area contributed by atoms with E-state index in [9.17, 15) is 13.2 Å². The van der Waals surface area contributed by atoms with Gasteiger partial charge in [-0.1, -0.05) is 11.6 Å². The minimum Gasteiger partial charge on any atom is -0.219 e. The molecule has 0 aliphatic heterocycles. The van der Waals surface area contributed by atoms with Gasteiger partial charge >= 0.3 is 6.18 Å². The number of halogens is 5. The molecule has 15 heavy (non-hydrogen) atoms. The molecule has 2 rings (SSSR count). The zero-order valence-corrected chi connectivity index (χ0v) is 9.80. The van der Waals surface area contributed by atoms with Crippen LogP contribution in [0.4, 0.5) is 13.2 Å². The zero-order valence-electron chi connectivity index (χ0n) is 6.89. The van der Waals surface area contributed by atoms with E-state index in [1.165, 1.54) is 12.3 Å². The highest BCUT2D eigenvalue weighted by Gasteiger charge is 2.36. The molecule has 0 spiro atoms. The summed E-state index contributed by atoms with van der Waals surface area (Å²) < 4.78 is 38.4. The molecule has 0 bridgehead atoms. The summed E-state index contributed by atoms with van der Waals surface area (Å²) in [6.07, 6.45) is -3.20. The highest BCUT2D eigenvalue weighted by molar-refractivity contribution is 14.1. The van der Waals surface area contributed by atoms with E-state index >= 15 is 0 Å². The summed E-state index contributed by atoms with van der Waals surface area (Å²) in [5, 5.41) is 3.65. The Labute approximate surface area is 100 Å². The van der Waals surface area contributed by atoms with Gasteiger partial charge in [-0.3, -0.25) is 0 Å². The molecule has 0 N–H and O–H groups in total. The Morgan fingerprint density at radius 1 is 1.40 bits per heavy atom. The van der Waals surface area contributed by atoms with Crippen LogP contribution in [-0.2, 0) is 6.18 Å². The van der Waals surface area contributed by atoms with Gasteiger partial charge in [-0.25, -0.2) is 9.50 Å². The van der Waals surface area contributed by atoms with Crippen LogP contribution in [0.3, 0.4) is 0 Å². The number of alkyl halides is 3. The van der Waals surface area contributed by atoms with Crippen LogP contribution in [0.1, 0.15) is 5.82 Å². The Hall–Kier alpha value is -0.570. The number of fused-ring (bicyclic) bond motifs is 1. The summed E-state index contributed by atoms with van der Waals surface area (Å²) in [6.45, 7) is 0. The Morgan fingerprint density at radius 2 is 2.07 bits per heavy atom. The lowest BCUT2D eigenvalue weighted by atomic mass is 10.5. The summed E-state index contributed by atoms with van der Waals surface area (Å²) >= 11 is 7.56. The Morgan fingerprint density at radius 3 is 2.67 bits per heavy atom. The van der Waals surface area contributed by atoms with Crippen molar-refractivity contribution < 1.29 is 13.2 Å². The van der Waals surface area contributed by atoms with Crippen molar-refractivity contribution in [1.29, 1.82) is 0 Å². The summed E-state index contributed by atoms with van der Waals surface area (Å²) in [7, 11) is 0. The largest absolute Gasteiger partial charge is 0.453 e. The molecule has 8 heteroatoms. The third-order valence-corrected chi connectivity index (χ3v) is 3.35. The average molecular weight is 347 g/mol. The van der Waals surface area contributed by atoms with E-state index in [-0.39, 0.29) is 5.65 Å². The van der Waals surface area contributed by atoms with Gasteiger partial charge in [0.1, 0.15) is 0 Å². The molecule has 0 radical (unpaired) electrons. The van der Waals surface area contributed by atoms with Gasteiger partial charge in [0.25, 0.3) is 5.82 Å².